The standard InChI is InChI=1S/C26H29N3O3/c1-28(24-9-5-6-10-25(24)32-23-7-3-2-4-8-23)20-26(30)27-22-13-11-21(12-14-22)19-29-15-17-31-18-16-29/h2-14H,15-20H2,1H3,(H,27,30). The third-order valence-corrected chi connectivity index (χ3v) is 5.38. The molecule has 1 N–H and O–H groups in total. The van der Waals surface area contributed by atoms with Crippen molar-refractivity contribution < 1.29 is 14.3 Å². The van der Waals surface area contributed by atoms with Crippen LogP contribution in [0.25, 0.3) is 0 Å². The lowest BCUT2D eigenvalue weighted by atomic mass is 10.2. The molecule has 1 fully saturated rings. The fraction of sp³-hybridized carbons (Fsp3) is 0.269. The van der Waals surface area contributed by atoms with E-state index in [4.69, 9.17) is 9.47 Å². The Kier molecular flexibility index (Phi) is 7.38. The number of para-hydroxylation sites is 3. The molecule has 0 bridgehead atoms. The molecule has 0 unspecified atom stereocenters. The molecule has 1 aliphatic heterocycles. The molecule has 1 saturated heterocycles. The zero-order valence-electron chi connectivity index (χ0n) is 18.4. The van der Waals surface area contributed by atoms with E-state index in [0.29, 0.717) is 5.75 Å². The first-order valence-corrected chi connectivity index (χ1v) is 10.9. The van der Waals surface area contributed by atoms with Gasteiger partial charge in [0.15, 0.2) is 5.75 Å². The Morgan fingerprint density at radius 1 is 0.969 bits per heavy atom. The summed E-state index contributed by atoms with van der Waals surface area (Å²) in [6.07, 6.45) is 0. The van der Waals surface area contributed by atoms with Crippen molar-refractivity contribution in [1.29, 1.82) is 0 Å². The molecule has 3 aromatic rings. The predicted molar refractivity (Wildman–Crippen MR) is 127 cm³/mol. The highest BCUT2D eigenvalue weighted by Gasteiger charge is 2.14. The molecule has 0 saturated carbocycles. The van der Waals surface area contributed by atoms with Gasteiger partial charge in [-0.3, -0.25) is 9.69 Å². The number of carbonyl (C=O) groups is 1. The van der Waals surface area contributed by atoms with Crippen molar-refractivity contribution in [2.75, 3.05) is 50.1 Å². The number of morpholine rings is 1. The summed E-state index contributed by atoms with van der Waals surface area (Å²) in [6.45, 7) is 4.62. The molecular formula is C26H29N3O3. The summed E-state index contributed by atoms with van der Waals surface area (Å²) in [5.41, 5.74) is 2.88. The molecule has 0 atom stereocenters. The molecule has 166 valence electrons. The summed E-state index contributed by atoms with van der Waals surface area (Å²) in [6, 6.07) is 25.4. The molecule has 0 radical (unpaired) electrons. The van der Waals surface area contributed by atoms with E-state index in [-0.39, 0.29) is 12.5 Å². The lowest BCUT2D eigenvalue weighted by molar-refractivity contribution is -0.114. The molecule has 0 aromatic heterocycles. The molecule has 1 aliphatic rings. The first kappa shape index (κ1) is 21.9. The van der Waals surface area contributed by atoms with Gasteiger partial charge in [-0.2, -0.15) is 0 Å². The number of rotatable bonds is 8. The fourth-order valence-corrected chi connectivity index (χ4v) is 3.69. The zero-order valence-corrected chi connectivity index (χ0v) is 18.4. The number of hydrogen-bond acceptors (Lipinski definition) is 5. The third-order valence-electron chi connectivity index (χ3n) is 5.38. The smallest absolute Gasteiger partial charge is 0.243 e. The van der Waals surface area contributed by atoms with Gasteiger partial charge >= 0.3 is 0 Å². The number of carbonyl (C=O) groups excluding carboxylic acids is 1. The van der Waals surface area contributed by atoms with Crippen LogP contribution in [0.15, 0.2) is 78.9 Å². The molecule has 0 spiro atoms. The maximum atomic E-state index is 12.7. The van der Waals surface area contributed by atoms with Crippen LogP contribution in [0.4, 0.5) is 11.4 Å². The minimum absolute atomic E-state index is 0.0806. The van der Waals surface area contributed by atoms with E-state index in [0.717, 1.165) is 50.0 Å². The zero-order chi connectivity index (χ0) is 22.2. The molecule has 6 heteroatoms. The van der Waals surface area contributed by atoms with E-state index < -0.39 is 0 Å². The second-order valence-electron chi connectivity index (χ2n) is 7.87. The SMILES string of the molecule is CN(CC(=O)Nc1ccc(CN2CCOCC2)cc1)c1ccccc1Oc1ccccc1. The minimum atomic E-state index is -0.0806. The van der Waals surface area contributed by atoms with Crippen molar-refractivity contribution in [1.82, 2.24) is 4.90 Å². The third kappa shape index (κ3) is 6.09. The lowest BCUT2D eigenvalue weighted by Gasteiger charge is -2.26. The van der Waals surface area contributed by atoms with Crippen LogP contribution in [-0.4, -0.2) is 50.7 Å². The molecule has 3 aromatic carbocycles. The molecule has 32 heavy (non-hydrogen) atoms. The van der Waals surface area contributed by atoms with Gasteiger partial charge in [0.25, 0.3) is 0 Å². The Morgan fingerprint density at radius 2 is 1.66 bits per heavy atom. The van der Waals surface area contributed by atoms with Crippen molar-refractivity contribution in [3.8, 4) is 11.5 Å². The van der Waals surface area contributed by atoms with E-state index >= 15 is 0 Å². The van der Waals surface area contributed by atoms with Crippen molar-refractivity contribution in [2.45, 2.75) is 6.54 Å². The van der Waals surface area contributed by atoms with Gasteiger partial charge in [0.1, 0.15) is 5.75 Å². The summed E-state index contributed by atoms with van der Waals surface area (Å²) in [5, 5.41) is 2.99. The molecule has 1 amide bonds. The maximum Gasteiger partial charge on any atom is 0.243 e. The van der Waals surface area contributed by atoms with Crippen molar-refractivity contribution in [3.05, 3.63) is 84.4 Å². The highest BCUT2D eigenvalue weighted by atomic mass is 16.5. The van der Waals surface area contributed by atoms with E-state index in [9.17, 15) is 4.79 Å². The summed E-state index contributed by atoms with van der Waals surface area (Å²) in [7, 11) is 1.89. The van der Waals surface area contributed by atoms with Crippen molar-refractivity contribution in [3.63, 3.8) is 0 Å². The number of amides is 1. The summed E-state index contributed by atoms with van der Waals surface area (Å²) in [5.74, 6) is 1.39. The van der Waals surface area contributed by atoms with Crippen LogP contribution in [0.1, 0.15) is 5.56 Å². The quantitative estimate of drug-likeness (QED) is 0.573. The highest BCUT2D eigenvalue weighted by molar-refractivity contribution is 5.94. The van der Waals surface area contributed by atoms with Crippen LogP contribution in [0.3, 0.4) is 0 Å². The van der Waals surface area contributed by atoms with Crippen LogP contribution in [0.5, 0.6) is 11.5 Å². The minimum Gasteiger partial charge on any atom is -0.455 e. The monoisotopic (exact) mass is 431 g/mol. The van der Waals surface area contributed by atoms with Gasteiger partial charge in [0.2, 0.25) is 5.91 Å². The number of benzene rings is 3. The normalized spacial score (nSPS) is 14.0. The molecule has 6 nitrogen and oxygen atoms in total. The fourth-order valence-electron chi connectivity index (χ4n) is 3.69. The predicted octanol–water partition coefficient (Wildman–Crippen LogP) is 4.39. The van der Waals surface area contributed by atoms with Gasteiger partial charge < -0.3 is 19.7 Å². The Balaban J connectivity index is 1.33. The second kappa shape index (κ2) is 10.8. The lowest BCUT2D eigenvalue weighted by Crippen LogP contribution is -2.35. The molecule has 0 aliphatic carbocycles. The number of likely N-dealkylation sites (N-methyl/N-ethyl adjacent to an activating group) is 1. The molecule has 1 heterocycles. The first-order valence-electron chi connectivity index (χ1n) is 10.9. The van der Waals surface area contributed by atoms with E-state index in [2.05, 4.69) is 22.3 Å². The summed E-state index contributed by atoms with van der Waals surface area (Å²) >= 11 is 0. The number of nitrogens with zero attached hydrogens (tertiary/aromatic N) is 2. The van der Waals surface area contributed by atoms with E-state index in [1.54, 1.807) is 0 Å². The number of nitrogens with one attached hydrogen (secondary N) is 1. The first-order chi connectivity index (χ1) is 15.7. The van der Waals surface area contributed by atoms with Gasteiger partial charge in [-0.05, 0) is 42.0 Å². The van der Waals surface area contributed by atoms with Crippen LogP contribution < -0.4 is 15.0 Å². The van der Waals surface area contributed by atoms with Gasteiger partial charge in [-0.1, -0.05) is 42.5 Å². The highest BCUT2D eigenvalue weighted by Crippen LogP contribution is 2.31. The summed E-state index contributed by atoms with van der Waals surface area (Å²) < 4.78 is 11.4. The Bertz CT molecular complexity index is 1000. The van der Waals surface area contributed by atoms with Crippen LogP contribution in [0, 0.1) is 0 Å². The molecule has 4 rings (SSSR count). The topological polar surface area (TPSA) is 54.0 Å². The van der Waals surface area contributed by atoms with Crippen molar-refractivity contribution >= 4 is 17.3 Å². The Hall–Kier alpha value is -3.35. The average molecular weight is 432 g/mol. The Labute approximate surface area is 189 Å². The van der Waals surface area contributed by atoms with Gasteiger partial charge in [0, 0.05) is 32.4 Å². The average Bonchev–Trinajstić information content (AvgIpc) is 2.82. The summed E-state index contributed by atoms with van der Waals surface area (Å²) in [4.78, 5) is 16.9. The maximum absolute atomic E-state index is 12.7. The van der Waals surface area contributed by atoms with Crippen LogP contribution >= 0.6 is 0 Å². The van der Waals surface area contributed by atoms with E-state index in [1.807, 2.05) is 78.7 Å². The van der Waals surface area contributed by atoms with Crippen LogP contribution in [-0.2, 0) is 16.1 Å². The second-order valence-corrected chi connectivity index (χ2v) is 7.87. The van der Waals surface area contributed by atoms with Gasteiger partial charge in [0.05, 0.1) is 25.4 Å². The molecular weight excluding hydrogens is 402 g/mol. The van der Waals surface area contributed by atoms with Gasteiger partial charge in [-0.25, -0.2) is 0 Å². The van der Waals surface area contributed by atoms with Crippen molar-refractivity contribution in [2.24, 2.45) is 0 Å². The number of anilines is 2. The van der Waals surface area contributed by atoms with Gasteiger partial charge in [-0.15, -0.1) is 0 Å². The van der Waals surface area contributed by atoms with Crippen LogP contribution in [0.2, 0.25) is 0 Å². The largest absolute Gasteiger partial charge is 0.455 e. The number of ether oxygens (including phenoxy) is 2. The number of hydrogen-bond donors (Lipinski definition) is 1. The van der Waals surface area contributed by atoms with E-state index in [1.165, 1.54) is 5.56 Å². The Morgan fingerprint density at radius 3 is 2.41 bits per heavy atom.